The predicted molar refractivity (Wildman–Crippen MR) is 72.1 cm³/mol. The van der Waals surface area contributed by atoms with Crippen molar-refractivity contribution in [1.29, 1.82) is 0 Å². The molecule has 0 aromatic heterocycles. The lowest BCUT2D eigenvalue weighted by molar-refractivity contribution is -0.140. The lowest BCUT2D eigenvalue weighted by Gasteiger charge is -2.32. The second kappa shape index (κ2) is 8.42. The summed E-state index contributed by atoms with van der Waals surface area (Å²) in [5.74, 6) is -2.53. The van der Waals surface area contributed by atoms with Crippen LogP contribution in [0.1, 0.15) is 6.92 Å². The molecule has 0 aromatic rings. The van der Waals surface area contributed by atoms with Crippen molar-refractivity contribution in [3.63, 3.8) is 0 Å². The zero-order valence-corrected chi connectivity index (χ0v) is 11.9. The van der Waals surface area contributed by atoms with Gasteiger partial charge in [-0.25, -0.2) is 4.79 Å². The molecular formula is C12H21N3O6. The van der Waals surface area contributed by atoms with E-state index in [0.29, 0.717) is 13.2 Å². The van der Waals surface area contributed by atoms with Crippen LogP contribution in [0.4, 0.5) is 4.79 Å². The Morgan fingerprint density at radius 3 is 2.43 bits per heavy atom. The molecule has 0 saturated carbocycles. The molecule has 3 N–H and O–H groups in total. The summed E-state index contributed by atoms with van der Waals surface area (Å²) in [5.41, 5.74) is 0. The lowest BCUT2D eigenvalue weighted by atomic mass is 10.2. The van der Waals surface area contributed by atoms with E-state index in [1.54, 1.807) is 0 Å². The van der Waals surface area contributed by atoms with Gasteiger partial charge in [-0.05, 0) is 6.54 Å². The number of hydrogen-bond donors (Lipinski definition) is 3. The number of morpholine rings is 1. The normalized spacial score (nSPS) is 19.0. The van der Waals surface area contributed by atoms with Crippen molar-refractivity contribution >= 4 is 18.0 Å². The number of nitrogens with zero attached hydrogens (tertiary/aromatic N) is 2. The van der Waals surface area contributed by atoms with Gasteiger partial charge in [-0.1, -0.05) is 6.92 Å². The second-order valence-electron chi connectivity index (χ2n) is 4.72. The first-order valence-corrected chi connectivity index (χ1v) is 6.72. The Morgan fingerprint density at radius 1 is 1.29 bits per heavy atom. The van der Waals surface area contributed by atoms with Crippen LogP contribution in [0.15, 0.2) is 0 Å². The molecule has 0 aliphatic carbocycles. The molecule has 1 heterocycles. The first-order valence-electron chi connectivity index (χ1n) is 6.72. The van der Waals surface area contributed by atoms with Crippen LogP contribution in [0.5, 0.6) is 0 Å². The van der Waals surface area contributed by atoms with E-state index in [1.165, 1.54) is 0 Å². The van der Waals surface area contributed by atoms with E-state index in [-0.39, 0.29) is 12.6 Å². The first kappa shape index (κ1) is 17.2. The summed E-state index contributed by atoms with van der Waals surface area (Å²) in [4.78, 5) is 36.0. The Hall–Kier alpha value is -1.87. The highest BCUT2D eigenvalue weighted by molar-refractivity contribution is 5.84. The fourth-order valence-electron chi connectivity index (χ4n) is 2.03. The van der Waals surface area contributed by atoms with Crippen molar-refractivity contribution in [1.82, 2.24) is 15.1 Å². The van der Waals surface area contributed by atoms with Crippen molar-refractivity contribution in [3.05, 3.63) is 0 Å². The van der Waals surface area contributed by atoms with Crippen LogP contribution in [0, 0.1) is 0 Å². The third-order valence-electron chi connectivity index (χ3n) is 3.09. The molecule has 1 aliphatic heterocycles. The monoisotopic (exact) mass is 303 g/mol. The Labute approximate surface area is 122 Å². The van der Waals surface area contributed by atoms with E-state index in [1.807, 2.05) is 6.92 Å². The number of likely N-dealkylation sites (N-methyl/N-ethyl adjacent to an activating group) is 1. The summed E-state index contributed by atoms with van der Waals surface area (Å²) in [6.07, 6.45) is -0.181. The molecule has 1 rings (SSSR count). The Morgan fingerprint density at radius 2 is 1.90 bits per heavy atom. The summed E-state index contributed by atoms with van der Waals surface area (Å²) in [6.45, 7) is 3.89. The van der Waals surface area contributed by atoms with Crippen LogP contribution in [-0.2, 0) is 14.3 Å². The molecule has 1 saturated heterocycles. The lowest BCUT2D eigenvalue weighted by Crippen LogP contribution is -2.51. The van der Waals surface area contributed by atoms with Gasteiger partial charge in [0.25, 0.3) is 0 Å². The molecule has 0 radical (unpaired) electrons. The third-order valence-corrected chi connectivity index (χ3v) is 3.09. The smallest absolute Gasteiger partial charge is 0.323 e. The first-order chi connectivity index (χ1) is 9.92. The maximum atomic E-state index is 11.8. The van der Waals surface area contributed by atoms with E-state index in [9.17, 15) is 14.4 Å². The van der Waals surface area contributed by atoms with Crippen molar-refractivity contribution in [2.24, 2.45) is 0 Å². The Balaban J connectivity index is 2.45. The number of carbonyl (C=O) groups excluding carboxylic acids is 1. The van der Waals surface area contributed by atoms with Crippen molar-refractivity contribution in [2.75, 3.05) is 45.9 Å². The SMILES string of the molecule is CCN1CCOC(CNC(=O)N(CC(=O)O)CC(=O)O)C1. The molecule has 120 valence electrons. The number of urea groups is 1. The molecule has 1 unspecified atom stereocenters. The van der Waals surface area contributed by atoms with Crippen LogP contribution >= 0.6 is 0 Å². The third kappa shape index (κ3) is 6.41. The van der Waals surface area contributed by atoms with Gasteiger partial charge in [0.1, 0.15) is 13.1 Å². The number of ether oxygens (including phenoxy) is 1. The highest BCUT2D eigenvalue weighted by atomic mass is 16.5. The molecule has 9 nitrogen and oxygen atoms in total. The van der Waals surface area contributed by atoms with Crippen LogP contribution in [0.25, 0.3) is 0 Å². The number of amides is 2. The quantitative estimate of drug-likeness (QED) is 0.545. The van der Waals surface area contributed by atoms with E-state index < -0.39 is 31.1 Å². The maximum absolute atomic E-state index is 11.8. The predicted octanol–water partition coefficient (Wildman–Crippen LogP) is -1.11. The van der Waals surface area contributed by atoms with E-state index in [4.69, 9.17) is 14.9 Å². The van der Waals surface area contributed by atoms with Gasteiger partial charge in [0.05, 0.1) is 12.7 Å². The zero-order chi connectivity index (χ0) is 15.8. The van der Waals surface area contributed by atoms with Gasteiger partial charge in [0.15, 0.2) is 0 Å². The van der Waals surface area contributed by atoms with Crippen LogP contribution in [-0.4, -0.2) is 90.0 Å². The average molecular weight is 303 g/mol. The fraction of sp³-hybridized carbons (Fsp3) is 0.750. The van der Waals surface area contributed by atoms with E-state index >= 15 is 0 Å². The van der Waals surface area contributed by atoms with Gasteiger partial charge in [-0.3, -0.25) is 14.5 Å². The second-order valence-corrected chi connectivity index (χ2v) is 4.72. The standard InChI is InChI=1S/C12H21N3O6/c1-2-14-3-4-21-9(6-14)5-13-12(20)15(7-10(16)17)8-11(18)19/h9H,2-8H2,1H3,(H,13,20)(H,16,17)(H,18,19). The number of aliphatic carboxylic acids is 2. The molecule has 1 aliphatic rings. The molecule has 2 amide bonds. The minimum Gasteiger partial charge on any atom is -0.480 e. The summed E-state index contributed by atoms with van der Waals surface area (Å²) in [7, 11) is 0. The van der Waals surface area contributed by atoms with E-state index in [2.05, 4.69) is 10.2 Å². The summed E-state index contributed by atoms with van der Waals surface area (Å²) < 4.78 is 5.49. The highest BCUT2D eigenvalue weighted by Gasteiger charge is 2.23. The molecular weight excluding hydrogens is 282 g/mol. The van der Waals surface area contributed by atoms with Gasteiger partial charge < -0.3 is 25.2 Å². The van der Waals surface area contributed by atoms with E-state index in [0.717, 1.165) is 18.0 Å². The molecule has 21 heavy (non-hydrogen) atoms. The Bertz CT molecular complexity index is 373. The molecule has 0 bridgehead atoms. The zero-order valence-electron chi connectivity index (χ0n) is 11.9. The molecule has 1 fully saturated rings. The number of nitrogens with one attached hydrogen (secondary N) is 1. The van der Waals surface area contributed by atoms with Gasteiger partial charge >= 0.3 is 18.0 Å². The number of rotatable bonds is 7. The van der Waals surface area contributed by atoms with Crippen LogP contribution in [0.2, 0.25) is 0 Å². The molecule has 9 heteroatoms. The minimum absolute atomic E-state index is 0.181. The maximum Gasteiger partial charge on any atom is 0.323 e. The molecule has 0 spiro atoms. The highest BCUT2D eigenvalue weighted by Crippen LogP contribution is 2.04. The number of carboxylic acid groups (broad SMARTS) is 2. The van der Waals surface area contributed by atoms with Crippen molar-refractivity contribution in [3.8, 4) is 0 Å². The minimum atomic E-state index is -1.27. The van der Waals surface area contributed by atoms with Crippen LogP contribution < -0.4 is 5.32 Å². The van der Waals surface area contributed by atoms with Gasteiger partial charge in [-0.15, -0.1) is 0 Å². The summed E-state index contributed by atoms with van der Waals surface area (Å²) in [5, 5.41) is 19.9. The molecule has 1 atom stereocenters. The van der Waals surface area contributed by atoms with Crippen molar-refractivity contribution in [2.45, 2.75) is 13.0 Å². The number of carbonyl (C=O) groups is 3. The van der Waals surface area contributed by atoms with Crippen molar-refractivity contribution < 1.29 is 29.3 Å². The summed E-state index contributed by atoms with van der Waals surface area (Å²) in [6, 6.07) is -0.725. The average Bonchev–Trinajstić information content (AvgIpc) is 2.43. The van der Waals surface area contributed by atoms with Gasteiger partial charge in [0, 0.05) is 19.6 Å². The molecule has 0 aromatic carbocycles. The Kier molecular flexibility index (Phi) is 6.89. The fourth-order valence-corrected chi connectivity index (χ4v) is 2.03. The number of hydrogen-bond acceptors (Lipinski definition) is 5. The summed E-state index contributed by atoms with van der Waals surface area (Å²) >= 11 is 0. The topological polar surface area (TPSA) is 119 Å². The van der Waals surface area contributed by atoms with Gasteiger partial charge in [0.2, 0.25) is 0 Å². The largest absolute Gasteiger partial charge is 0.480 e. The van der Waals surface area contributed by atoms with Gasteiger partial charge in [-0.2, -0.15) is 0 Å². The number of carboxylic acids is 2. The van der Waals surface area contributed by atoms with Crippen LogP contribution in [0.3, 0.4) is 0 Å².